The van der Waals surface area contributed by atoms with E-state index in [-0.39, 0.29) is 5.92 Å². The molecule has 1 aromatic carbocycles. The second-order valence-corrected chi connectivity index (χ2v) is 3.29. The van der Waals surface area contributed by atoms with Crippen LogP contribution in [-0.2, 0) is 9.53 Å². The molecular formula is C13H15NO2. The zero-order valence-corrected chi connectivity index (χ0v) is 9.22. The number of carbonyl (C=O) groups is 1. The highest BCUT2D eigenvalue weighted by molar-refractivity contribution is 5.82. The van der Waals surface area contributed by atoms with Gasteiger partial charge in [-0.05, 0) is 5.56 Å². The third-order valence-corrected chi connectivity index (χ3v) is 2.24. The number of benzene rings is 1. The number of allylic oxidation sites excluding steroid dienone is 1. The Balaban J connectivity index is 2.95. The minimum atomic E-state index is -0.458. The van der Waals surface area contributed by atoms with E-state index in [1.165, 1.54) is 13.2 Å². The molecule has 0 aromatic heterocycles. The predicted octanol–water partition coefficient (Wildman–Crippen LogP) is 1.97. The standard InChI is InChI=1S/C13H15NO2/c1-3-11(10-7-5-4-6-8-10)12(14)9-13(15)16-2/h3-9,11H,1,14H2,2H3/b12-9-. The van der Waals surface area contributed by atoms with Crippen LogP contribution in [0.1, 0.15) is 11.5 Å². The lowest BCUT2D eigenvalue weighted by molar-refractivity contribution is -0.134. The fourth-order valence-electron chi connectivity index (χ4n) is 1.41. The van der Waals surface area contributed by atoms with Crippen LogP contribution in [0.2, 0.25) is 0 Å². The van der Waals surface area contributed by atoms with Crippen molar-refractivity contribution in [2.45, 2.75) is 5.92 Å². The quantitative estimate of drug-likeness (QED) is 0.476. The number of nitrogens with two attached hydrogens (primary N) is 1. The van der Waals surface area contributed by atoms with Crippen molar-refractivity contribution < 1.29 is 9.53 Å². The number of rotatable bonds is 4. The zero-order chi connectivity index (χ0) is 12.0. The molecule has 0 aliphatic carbocycles. The molecule has 2 N–H and O–H groups in total. The summed E-state index contributed by atoms with van der Waals surface area (Å²) in [6, 6.07) is 9.62. The van der Waals surface area contributed by atoms with E-state index in [9.17, 15) is 4.79 Å². The van der Waals surface area contributed by atoms with Crippen molar-refractivity contribution in [1.29, 1.82) is 0 Å². The van der Waals surface area contributed by atoms with E-state index in [2.05, 4.69) is 11.3 Å². The van der Waals surface area contributed by atoms with Gasteiger partial charge >= 0.3 is 5.97 Å². The Kier molecular flexibility index (Phi) is 4.33. The van der Waals surface area contributed by atoms with Gasteiger partial charge in [0.25, 0.3) is 0 Å². The Hall–Kier alpha value is -2.03. The van der Waals surface area contributed by atoms with Gasteiger partial charge in [-0.2, -0.15) is 0 Å². The van der Waals surface area contributed by atoms with Gasteiger partial charge in [-0.1, -0.05) is 36.4 Å². The third kappa shape index (κ3) is 2.98. The number of methoxy groups -OCH3 is 1. The molecule has 1 unspecified atom stereocenters. The van der Waals surface area contributed by atoms with E-state index in [0.29, 0.717) is 5.70 Å². The average molecular weight is 217 g/mol. The highest BCUT2D eigenvalue weighted by Gasteiger charge is 2.11. The monoisotopic (exact) mass is 217 g/mol. The summed E-state index contributed by atoms with van der Waals surface area (Å²) in [5.41, 5.74) is 7.25. The molecule has 0 heterocycles. The molecule has 0 aliphatic rings. The second-order valence-electron chi connectivity index (χ2n) is 3.29. The normalized spacial score (nSPS) is 12.9. The zero-order valence-electron chi connectivity index (χ0n) is 9.22. The summed E-state index contributed by atoms with van der Waals surface area (Å²) in [4.78, 5) is 11.1. The summed E-state index contributed by atoms with van der Waals surface area (Å²) in [7, 11) is 1.32. The first-order chi connectivity index (χ1) is 7.69. The van der Waals surface area contributed by atoms with Crippen molar-refractivity contribution in [3.05, 3.63) is 60.3 Å². The lowest BCUT2D eigenvalue weighted by Gasteiger charge is -2.12. The first-order valence-corrected chi connectivity index (χ1v) is 4.91. The Labute approximate surface area is 95.2 Å². The highest BCUT2D eigenvalue weighted by Crippen LogP contribution is 2.21. The predicted molar refractivity (Wildman–Crippen MR) is 63.7 cm³/mol. The largest absolute Gasteiger partial charge is 0.466 e. The summed E-state index contributed by atoms with van der Waals surface area (Å²) < 4.78 is 4.52. The number of carbonyl (C=O) groups excluding carboxylic acids is 1. The van der Waals surface area contributed by atoms with Crippen LogP contribution in [0, 0.1) is 0 Å². The van der Waals surface area contributed by atoms with Crippen LogP contribution in [0.5, 0.6) is 0 Å². The van der Waals surface area contributed by atoms with Gasteiger partial charge in [0.05, 0.1) is 7.11 Å². The Morgan fingerprint density at radius 3 is 2.56 bits per heavy atom. The number of esters is 1. The molecule has 0 amide bonds. The maximum atomic E-state index is 11.1. The van der Waals surface area contributed by atoms with Crippen molar-refractivity contribution in [1.82, 2.24) is 0 Å². The van der Waals surface area contributed by atoms with Crippen LogP contribution in [0.25, 0.3) is 0 Å². The molecule has 84 valence electrons. The minimum absolute atomic E-state index is 0.166. The molecule has 0 radical (unpaired) electrons. The van der Waals surface area contributed by atoms with Crippen molar-refractivity contribution in [2.24, 2.45) is 5.73 Å². The molecule has 16 heavy (non-hydrogen) atoms. The van der Waals surface area contributed by atoms with Gasteiger partial charge in [-0.3, -0.25) is 0 Å². The van der Waals surface area contributed by atoms with E-state index in [1.807, 2.05) is 30.3 Å². The first kappa shape index (κ1) is 12.0. The molecule has 0 bridgehead atoms. The smallest absolute Gasteiger partial charge is 0.332 e. The first-order valence-electron chi connectivity index (χ1n) is 4.91. The van der Waals surface area contributed by atoms with Gasteiger partial charge in [0, 0.05) is 17.7 Å². The minimum Gasteiger partial charge on any atom is -0.466 e. The van der Waals surface area contributed by atoms with Crippen LogP contribution >= 0.6 is 0 Å². The van der Waals surface area contributed by atoms with Gasteiger partial charge in [0.1, 0.15) is 0 Å². The molecule has 0 fully saturated rings. The van der Waals surface area contributed by atoms with E-state index in [0.717, 1.165) is 5.56 Å². The molecule has 1 atom stereocenters. The Morgan fingerprint density at radius 1 is 1.44 bits per heavy atom. The molecule has 3 heteroatoms. The van der Waals surface area contributed by atoms with Gasteiger partial charge < -0.3 is 10.5 Å². The summed E-state index contributed by atoms with van der Waals surface area (Å²) in [6.45, 7) is 3.72. The summed E-state index contributed by atoms with van der Waals surface area (Å²) in [6.07, 6.45) is 2.98. The van der Waals surface area contributed by atoms with Crippen molar-refractivity contribution in [2.75, 3.05) is 7.11 Å². The Morgan fingerprint density at radius 2 is 2.06 bits per heavy atom. The fourth-order valence-corrected chi connectivity index (χ4v) is 1.41. The van der Waals surface area contributed by atoms with E-state index in [4.69, 9.17) is 5.73 Å². The molecule has 0 aliphatic heterocycles. The van der Waals surface area contributed by atoms with E-state index < -0.39 is 5.97 Å². The average Bonchev–Trinajstić information content (AvgIpc) is 2.31. The summed E-state index contributed by atoms with van der Waals surface area (Å²) >= 11 is 0. The molecular weight excluding hydrogens is 202 g/mol. The third-order valence-electron chi connectivity index (χ3n) is 2.24. The molecule has 0 saturated heterocycles. The fraction of sp³-hybridized carbons (Fsp3) is 0.154. The van der Waals surface area contributed by atoms with Crippen LogP contribution in [0.3, 0.4) is 0 Å². The number of ether oxygens (including phenoxy) is 1. The maximum Gasteiger partial charge on any atom is 0.332 e. The summed E-state index contributed by atoms with van der Waals surface area (Å²) in [5.74, 6) is -0.624. The van der Waals surface area contributed by atoms with Gasteiger partial charge in [-0.15, -0.1) is 6.58 Å². The number of hydrogen-bond donors (Lipinski definition) is 1. The lowest BCUT2D eigenvalue weighted by Crippen LogP contribution is -2.11. The molecule has 3 nitrogen and oxygen atoms in total. The molecule has 1 rings (SSSR count). The molecule has 0 spiro atoms. The van der Waals surface area contributed by atoms with Crippen molar-refractivity contribution >= 4 is 5.97 Å². The number of hydrogen-bond acceptors (Lipinski definition) is 3. The second kappa shape index (κ2) is 5.75. The molecule has 0 saturated carbocycles. The van der Waals surface area contributed by atoms with Crippen LogP contribution < -0.4 is 5.73 Å². The van der Waals surface area contributed by atoms with Crippen LogP contribution in [-0.4, -0.2) is 13.1 Å². The van der Waals surface area contributed by atoms with Gasteiger partial charge in [-0.25, -0.2) is 4.79 Å². The van der Waals surface area contributed by atoms with E-state index >= 15 is 0 Å². The van der Waals surface area contributed by atoms with Crippen molar-refractivity contribution in [3.63, 3.8) is 0 Å². The van der Waals surface area contributed by atoms with Gasteiger partial charge in [0.15, 0.2) is 0 Å². The lowest BCUT2D eigenvalue weighted by atomic mass is 9.96. The van der Waals surface area contributed by atoms with Crippen LogP contribution in [0.4, 0.5) is 0 Å². The molecule has 1 aromatic rings. The topological polar surface area (TPSA) is 52.3 Å². The van der Waals surface area contributed by atoms with E-state index in [1.54, 1.807) is 6.08 Å². The Bertz CT molecular complexity index is 396. The highest BCUT2D eigenvalue weighted by atomic mass is 16.5. The SMILES string of the molecule is C=CC(/C(N)=C/C(=O)OC)c1ccccc1. The summed E-state index contributed by atoms with van der Waals surface area (Å²) in [5, 5.41) is 0. The van der Waals surface area contributed by atoms with Crippen molar-refractivity contribution in [3.8, 4) is 0 Å². The maximum absolute atomic E-state index is 11.1. The van der Waals surface area contributed by atoms with Gasteiger partial charge in [0.2, 0.25) is 0 Å². The van der Waals surface area contributed by atoms with Crippen LogP contribution in [0.15, 0.2) is 54.8 Å².